The van der Waals surface area contributed by atoms with Crippen molar-refractivity contribution in [3.8, 4) is 0 Å². The lowest BCUT2D eigenvalue weighted by Crippen LogP contribution is -2.24. The molecule has 0 spiro atoms. The van der Waals surface area contributed by atoms with Gasteiger partial charge in [0.2, 0.25) is 10.0 Å². The second-order valence-corrected chi connectivity index (χ2v) is 6.48. The second-order valence-electron chi connectivity index (χ2n) is 3.83. The number of nitrogens with zero attached hydrogens (tertiary/aromatic N) is 1. The van der Waals surface area contributed by atoms with Gasteiger partial charge in [0.25, 0.3) is 0 Å². The third-order valence-corrected chi connectivity index (χ3v) is 4.40. The lowest BCUT2D eigenvalue weighted by molar-refractivity contribution is 0.581. The van der Waals surface area contributed by atoms with Gasteiger partial charge in [0, 0.05) is 10.7 Å². The zero-order chi connectivity index (χ0) is 13.9. The Balaban J connectivity index is 2.19. The van der Waals surface area contributed by atoms with E-state index in [2.05, 4.69) is 25.6 Å². The first-order chi connectivity index (χ1) is 8.99. The van der Waals surface area contributed by atoms with E-state index in [-0.39, 0.29) is 17.1 Å². The molecule has 3 N–H and O–H groups in total. The fourth-order valence-electron chi connectivity index (χ4n) is 1.51. The number of benzene rings is 1. The number of nitrogens with two attached hydrogens (primary N) is 1. The van der Waals surface area contributed by atoms with Crippen LogP contribution in [-0.2, 0) is 16.6 Å². The summed E-state index contributed by atoms with van der Waals surface area (Å²) in [4.78, 5) is 4.11. The summed E-state index contributed by atoms with van der Waals surface area (Å²) in [5.74, 6) is 0. The molecule has 1 aromatic carbocycles. The van der Waals surface area contributed by atoms with Gasteiger partial charge in [-0.3, -0.25) is 4.98 Å². The van der Waals surface area contributed by atoms with Crippen LogP contribution in [0.25, 0.3) is 0 Å². The van der Waals surface area contributed by atoms with Crippen molar-refractivity contribution < 1.29 is 8.42 Å². The molecule has 0 amide bonds. The smallest absolute Gasteiger partial charge is 0.242 e. The molecule has 5 nitrogen and oxygen atoms in total. The maximum Gasteiger partial charge on any atom is 0.242 e. The number of hydrogen-bond acceptors (Lipinski definition) is 4. The zero-order valence-corrected chi connectivity index (χ0v) is 12.3. The predicted octanol–water partition coefficient (Wildman–Crippen LogP) is 1.90. The Labute approximate surface area is 120 Å². The highest BCUT2D eigenvalue weighted by Gasteiger charge is 2.17. The Kier molecular flexibility index (Phi) is 4.18. The van der Waals surface area contributed by atoms with E-state index in [9.17, 15) is 8.42 Å². The monoisotopic (exact) mass is 341 g/mol. The highest BCUT2D eigenvalue weighted by Crippen LogP contribution is 2.22. The highest BCUT2D eigenvalue weighted by atomic mass is 79.9. The number of aromatic nitrogens is 1. The molecule has 0 unspecified atom stereocenters. The molecule has 2 aromatic rings. The van der Waals surface area contributed by atoms with E-state index < -0.39 is 10.0 Å². The van der Waals surface area contributed by atoms with Crippen LogP contribution in [0.2, 0.25) is 0 Å². The molecule has 0 bridgehead atoms. The van der Waals surface area contributed by atoms with Crippen LogP contribution in [0, 0.1) is 0 Å². The molecule has 1 aromatic heterocycles. The first kappa shape index (κ1) is 14.0. The van der Waals surface area contributed by atoms with Gasteiger partial charge in [-0.1, -0.05) is 22.0 Å². The van der Waals surface area contributed by atoms with Gasteiger partial charge in [-0.15, -0.1) is 0 Å². The van der Waals surface area contributed by atoms with E-state index >= 15 is 0 Å². The van der Waals surface area contributed by atoms with E-state index in [0.29, 0.717) is 5.69 Å². The van der Waals surface area contributed by atoms with Crippen LogP contribution in [-0.4, -0.2) is 13.4 Å². The molecule has 7 heteroatoms. The molecule has 19 heavy (non-hydrogen) atoms. The summed E-state index contributed by atoms with van der Waals surface area (Å²) in [6.45, 7) is 0.124. The van der Waals surface area contributed by atoms with E-state index in [1.807, 2.05) is 0 Å². The Morgan fingerprint density at radius 1 is 1.26 bits per heavy atom. The Morgan fingerprint density at radius 3 is 2.68 bits per heavy atom. The largest absolute Gasteiger partial charge is 0.398 e. The van der Waals surface area contributed by atoms with Crippen molar-refractivity contribution in [2.45, 2.75) is 11.4 Å². The van der Waals surface area contributed by atoms with Crippen LogP contribution >= 0.6 is 15.9 Å². The number of rotatable bonds is 4. The topological polar surface area (TPSA) is 85.1 Å². The van der Waals surface area contributed by atoms with Crippen LogP contribution in [0.15, 0.2) is 52.0 Å². The molecule has 0 aliphatic rings. The fraction of sp³-hybridized carbons (Fsp3) is 0.0833. The predicted molar refractivity (Wildman–Crippen MR) is 76.8 cm³/mol. The minimum Gasteiger partial charge on any atom is -0.398 e. The van der Waals surface area contributed by atoms with Gasteiger partial charge < -0.3 is 5.73 Å². The van der Waals surface area contributed by atoms with Crippen molar-refractivity contribution >= 4 is 31.6 Å². The molecule has 0 saturated heterocycles. The van der Waals surface area contributed by atoms with Crippen molar-refractivity contribution in [1.29, 1.82) is 0 Å². The van der Waals surface area contributed by atoms with Crippen LogP contribution in [0.3, 0.4) is 0 Å². The summed E-state index contributed by atoms with van der Waals surface area (Å²) in [5.41, 5.74) is 6.55. The average molecular weight is 342 g/mol. The fourth-order valence-corrected chi connectivity index (χ4v) is 3.00. The van der Waals surface area contributed by atoms with Gasteiger partial charge in [0.05, 0.1) is 17.9 Å². The molecule has 0 radical (unpaired) electrons. The summed E-state index contributed by atoms with van der Waals surface area (Å²) >= 11 is 3.23. The van der Waals surface area contributed by atoms with E-state index in [1.165, 1.54) is 6.07 Å². The lowest BCUT2D eigenvalue weighted by atomic mass is 10.3. The maximum atomic E-state index is 12.1. The first-order valence-electron chi connectivity index (χ1n) is 5.43. The zero-order valence-electron chi connectivity index (χ0n) is 9.88. The summed E-state index contributed by atoms with van der Waals surface area (Å²) < 4.78 is 27.4. The number of hydrogen-bond donors (Lipinski definition) is 2. The second kappa shape index (κ2) is 5.68. The SMILES string of the molecule is Nc1cc(Br)ccc1S(=O)(=O)NCc1ccccn1. The molecule has 100 valence electrons. The molecule has 0 aliphatic heterocycles. The van der Waals surface area contributed by atoms with Gasteiger partial charge >= 0.3 is 0 Å². The minimum absolute atomic E-state index is 0.0617. The molecule has 0 aliphatic carbocycles. The highest BCUT2D eigenvalue weighted by molar-refractivity contribution is 9.10. The van der Waals surface area contributed by atoms with Crippen molar-refractivity contribution in [3.05, 3.63) is 52.8 Å². The third-order valence-electron chi connectivity index (χ3n) is 2.43. The van der Waals surface area contributed by atoms with Crippen molar-refractivity contribution in [1.82, 2.24) is 9.71 Å². The third kappa shape index (κ3) is 3.52. The average Bonchev–Trinajstić information content (AvgIpc) is 2.37. The van der Waals surface area contributed by atoms with Crippen LogP contribution < -0.4 is 10.5 Å². The molecule has 0 atom stereocenters. The number of pyridine rings is 1. The van der Waals surface area contributed by atoms with Gasteiger partial charge in [0.15, 0.2) is 0 Å². The number of sulfonamides is 1. The molecular weight excluding hydrogens is 330 g/mol. The summed E-state index contributed by atoms with van der Waals surface area (Å²) in [6, 6.07) is 9.95. The standard InChI is InChI=1S/C12H12BrN3O2S/c13-9-4-5-12(11(14)7-9)19(17,18)16-8-10-3-1-2-6-15-10/h1-7,16H,8,14H2. The van der Waals surface area contributed by atoms with Crippen LogP contribution in [0.5, 0.6) is 0 Å². The van der Waals surface area contributed by atoms with Crippen molar-refractivity contribution in [3.63, 3.8) is 0 Å². The van der Waals surface area contributed by atoms with Crippen molar-refractivity contribution in [2.24, 2.45) is 0 Å². The molecule has 1 heterocycles. The van der Waals surface area contributed by atoms with Gasteiger partial charge in [-0.25, -0.2) is 13.1 Å². The Hall–Kier alpha value is -1.44. The van der Waals surface area contributed by atoms with Crippen LogP contribution in [0.1, 0.15) is 5.69 Å². The number of halogens is 1. The number of nitrogens with one attached hydrogen (secondary N) is 1. The maximum absolute atomic E-state index is 12.1. The summed E-state index contributed by atoms with van der Waals surface area (Å²) in [6.07, 6.45) is 1.61. The first-order valence-corrected chi connectivity index (χ1v) is 7.71. The van der Waals surface area contributed by atoms with Gasteiger partial charge in [0.1, 0.15) is 4.90 Å². The van der Waals surface area contributed by atoms with Crippen molar-refractivity contribution in [2.75, 3.05) is 5.73 Å². The quantitative estimate of drug-likeness (QED) is 0.831. The minimum atomic E-state index is -3.64. The summed E-state index contributed by atoms with van der Waals surface area (Å²) in [5, 5.41) is 0. The number of nitrogen functional groups attached to an aromatic ring is 1. The Bertz CT molecular complexity index is 675. The molecule has 0 fully saturated rings. The van der Waals surface area contributed by atoms with Gasteiger partial charge in [-0.2, -0.15) is 0 Å². The van der Waals surface area contributed by atoms with Gasteiger partial charge in [-0.05, 0) is 30.3 Å². The Morgan fingerprint density at radius 2 is 2.05 bits per heavy atom. The van der Waals surface area contributed by atoms with E-state index in [1.54, 1.807) is 36.5 Å². The lowest BCUT2D eigenvalue weighted by Gasteiger charge is -2.09. The van der Waals surface area contributed by atoms with Crippen LogP contribution in [0.4, 0.5) is 5.69 Å². The molecule has 2 rings (SSSR count). The summed E-state index contributed by atoms with van der Waals surface area (Å²) in [7, 11) is -3.64. The number of anilines is 1. The normalized spacial score (nSPS) is 11.4. The molecular formula is C12H12BrN3O2S. The molecule has 0 saturated carbocycles. The van der Waals surface area contributed by atoms with E-state index in [0.717, 1.165) is 4.47 Å². The van der Waals surface area contributed by atoms with E-state index in [4.69, 9.17) is 5.73 Å².